The minimum atomic E-state index is 0.464. The second kappa shape index (κ2) is 5.04. The van der Waals surface area contributed by atoms with Crippen LogP contribution in [0, 0.1) is 0 Å². The summed E-state index contributed by atoms with van der Waals surface area (Å²) in [6, 6.07) is 0.464. The van der Waals surface area contributed by atoms with Crippen LogP contribution >= 0.6 is 23.1 Å². The quantitative estimate of drug-likeness (QED) is 0.878. The Morgan fingerprint density at radius 2 is 2.50 bits per heavy atom. The molecular weight excluding hydrogens is 240 g/mol. The molecule has 2 saturated heterocycles. The molecule has 1 N–H and O–H groups in total. The van der Waals surface area contributed by atoms with Gasteiger partial charge in [0.15, 0.2) is 0 Å². The molecule has 0 bridgehead atoms. The van der Waals surface area contributed by atoms with Crippen molar-refractivity contribution in [2.45, 2.75) is 18.4 Å². The van der Waals surface area contributed by atoms with Gasteiger partial charge in [0.25, 0.3) is 0 Å². The van der Waals surface area contributed by atoms with Crippen molar-refractivity contribution in [2.24, 2.45) is 0 Å². The lowest BCUT2D eigenvalue weighted by Crippen LogP contribution is -2.30. The fourth-order valence-corrected chi connectivity index (χ4v) is 4.08. The zero-order chi connectivity index (χ0) is 10.8. The molecule has 16 heavy (non-hydrogen) atoms. The van der Waals surface area contributed by atoms with Crippen LogP contribution in [-0.2, 0) is 4.74 Å². The van der Waals surface area contributed by atoms with E-state index >= 15 is 0 Å². The van der Waals surface area contributed by atoms with Crippen LogP contribution in [0.5, 0.6) is 0 Å². The third-order valence-electron chi connectivity index (χ3n) is 3.10. The molecule has 1 aromatic heterocycles. The van der Waals surface area contributed by atoms with Gasteiger partial charge in [0.05, 0.1) is 23.4 Å². The summed E-state index contributed by atoms with van der Waals surface area (Å²) < 4.78 is 5.41. The van der Waals surface area contributed by atoms with E-state index in [0.717, 1.165) is 31.9 Å². The molecule has 2 unspecified atom stereocenters. The van der Waals surface area contributed by atoms with E-state index in [-0.39, 0.29) is 0 Å². The molecule has 0 aliphatic carbocycles. The second-order valence-corrected chi connectivity index (χ2v) is 6.29. The Morgan fingerprint density at radius 3 is 3.25 bits per heavy atom. The van der Waals surface area contributed by atoms with Crippen LogP contribution < -0.4 is 5.32 Å². The SMILES string of the molecule is c1sc(C2CCOC2)nc1C1CSCCN1. The van der Waals surface area contributed by atoms with E-state index < -0.39 is 0 Å². The van der Waals surface area contributed by atoms with E-state index in [1.165, 1.54) is 16.5 Å². The van der Waals surface area contributed by atoms with Gasteiger partial charge in [-0.3, -0.25) is 0 Å². The van der Waals surface area contributed by atoms with Crippen LogP contribution in [0.2, 0.25) is 0 Å². The number of ether oxygens (including phenoxy) is 1. The van der Waals surface area contributed by atoms with Crippen LogP contribution in [0.15, 0.2) is 5.38 Å². The predicted octanol–water partition coefficient (Wildman–Crippen LogP) is 2.02. The van der Waals surface area contributed by atoms with Gasteiger partial charge < -0.3 is 10.1 Å². The zero-order valence-corrected chi connectivity index (χ0v) is 10.8. The minimum absolute atomic E-state index is 0.464. The highest BCUT2D eigenvalue weighted by atomic mass is 32.2. The summed E-state index contributed by atoms with van der Waals surface area (Å²) in [7, 11) is 0. The van der Waals surface area contributed by atoms with Gasteiger partial charge in [-0.05, 0) is 6.42 Å². The molecule has 5 heteroatoms. The predicted molar refractivity (Wildman–Crippen MR) is 68.4 cm³/mol. The first-order chi connectivity index (χ1) is 7.93. The number of aromatic nitrogens is 1. The second-order valence-electron chi connectivity index (χ2n) is 4.25. The summed E-state index contributed by atoms with van der Waals surface area (Å²) in [5.41, 5.74) is 1.24. The molecule has 3 rings (SSSR count). The van der Waals surface area contributed by atoms with Crippen LogP contribution in [0.25, 0.3) is 0 Å². The Balaban J connectivity index is 1.71. The first-order valence-electron chi connectivity index (χ1n) is 5.77. The lowest BCUT2D eigenvalue weighted by molar-refractivity contribution is 0.194. The summed E-state index contributed by atoms with van der Waals surface area (Å²) in [4.78, 5) is 4.78. The van der Waals surface area contributed by atoms with Gasteiger partial charge in [-0.1, -0.05) is 0 Å². The number of thioether (sulfide) groups is 1. The molecule has 2 aliphatic heterocycles. The molecule has 88 valence electrons. The smallest absolute Gasteiger partial charge is 0.0983 e. The molecule has 0 spiro atoms. The lowest BCUT2D eigenvalue weighted by atomic mass is 10.1. The van der Waals surface area contributed by atoms with Crippen molar-refractivity contribution in [3.05, 3.63) is 16.1 Å². The largest absolute Gasteiger partial charge is 0.381 e. The van der Waals surface area contributed by atoms with Crippen LogP contribution in [0.4, 0.5) is 0 Å². The summed E-state index contributed by atoms with van der Waals surface area (Å²) >= 11 is 3.82. The molecule has 1 aromatic rings. The lowest BCUT2D eigenvalue weighted by Gasteiger charge is -2.21. The van der Waals surface area contributed by atoms with E-state index in [1.807, 2.05) is 11.8 Å². The molecule has 2 aliphatic rings. The Kier molecular flexibility index (Phi) is 3.47. The first kappa shape index (κ1) is 11.0. The maximum Gasteiger partial charge on any atom is 0.0983 e. The number of rotatable bonds is 2. The Hall–Kier alpha value is -0.100. The number of thiazole rings is 1. The fraction of sp³-hybridized carbons (Fsp3) is 0.727. The number of hydrogen-bond donors (Lipinski definition) is 1. The van der Waals surface area contributed by atoms with Crippen molar-refractivity contribution in [3.8, 4) is 0 Å². The van der Waals surface area contributed by atoms with Crippen molar-refractivity contribution in [1.29, 1.82) is 0 Å². The van der Waals surface area contributed by atoms with Crippen molar-refractivity contribution >= 4 is 23.1 Å². The highest BCUT2D eigenvalue weighted by molar-refractivity contribution is 7.99. The number of nitrogens with one attached hydrogen (secondary N) is 1. The van der Waals surface area contributed by atoms with Gasteiger partial charge in [-0.25, -0.2) is 4.98 Å². The van der Waals surface area contributed by atoms with Crippen molar-refractivity contribution < 1.29 is 4.74 Å². The summed E-state index contributed by atoms with van der Waals surface area (Å²) in [5.74, 6) is 2.93. The normalized spacial score (nSPS) is 30.8. The maximum atomic E-state index is 5.41. The van der Waals surface area contributed by atoms with Gasteiger partial charge in [0, 0.05) is 36.0 Å². The monoisotopic (exact) mass is 256 g/mol. The maximum absolute atomic E-state index is 5.41. The molecule has 3 heterocycles. The third kappa shape index (κ3) is 2.27. The Bertz CT molecular complexity index is 344. The molecular formula is C11H16N2OS2. The number of hydrogen-bond acceptors (Lipinski definition) is 5. The molecule has 2 atom stereocenters. The van der Waals surface area contributed by atoms with Crippen molar-refractivity contribution in [3.63, 3.8) is 0 Å². The number of nitrogens with zero attached hydrogens (tertiary/aromatic N) is 1. The highest BCUT2D eigenvalue weighted by Crippen LogP contribution is 2.30. The van der Waals surface area contributed by atoms with Gasteiger partial charge >= 0.3 is 0 Å². The highest BCUT2D eigenvalue weighted by Gasteiger charge is 2.23. The van der Waals surface area contributed by atoms with Crippen LogP contribution in [0.1, 0.15) is 29.1 Å². The zero-order valence-electron chi connectivity index (χ0n) is 9.15. The molecule has 0 aromatic carbocycles. The van der Waals surface area contributed by atoms with Gasteiger partial charge in [-0.2, -0.15) is 11.8 Å². The summed E-state index contributed by atoms with van der Waals surface area (Å²) in [5, 5.41) is 7.02. The van der Waals surface area contributed by atoms with Gasteiger partial charge in [0.2, 0.25) is 0 Å². The van der Waals surface area contributed by atoms with E-state index in [1.54, 1.807) is 11.3 Å². The van der Waals surface area contributed by atoms with E-state index in [4.69, 9.17) is 9.72 Å². The van der Waals surface area contributed by atoms with E-state index in [0.29, 0.717) is 12.0 Å². The van der Waals surface area contributed by atoms with E-state index in [2.05, 4.69) is 10.7 Å². The summed E-state index contributed by atoms with van der Waals surface area (Å²) in [6.45, 7) is 2.87. The van der Waals surface area contributed by atoms with Crippen molar-refractivity contribution in [1.82, 2.24) is 10.3 Å². The topological polar surface area (TPSA) is 34.1 Å². The van der Waals surface area contributed by atoms with Gasteiger partial charge in [0.1, 0.15) is 0 Å². The third-order valence-corrected chi connectivity index (χ3v) is 5.18. The molecule has 0 amide bonds. The van der Waals surface area contributed by atoms with Crippen LogP contribution in [0.3, 0.4) is 0 Å². The summed E-state index contributed by atoms with van der Waals surface area (Å²) in [6.07, 6.45) is 1.14. The first-order valence-corrected chi connectivity index (χ1v) is 7.81. The van der Waals surface area contributed by atoms with Gasteiger partial charge in [-0.15, -0.1) is 11.3 Å². The fourth-order valence-electron chi connectivity index (χ4n) is 2.13. The standard InChI is InChI=1S/C11H16N2OS2/c1-3-14-5-8(1)11-13-10(7-16-11)9-6-15-4-2-12-9/h7-9,12H,1-6H2. The average molecular weight is 256 g/mol. The minimum Gasteiger partial charge on any atom is -0.381 e. The Morgan fingerprint density at radius 1 is 1.50 bits per heavy atom. The molecule has 0 radical (unpaired) electrons. The molecule has 3 nitrogen and oxygen atoms in total. The van der Waals surface area contributed by atoms with Crippen LogP contribution in [-0.4, -0.2) is 36.2 Å². The van der Waals surface area contributed by atoms with Crippen molar-refractivity contribution in [2.75, 3.05) is 31.3 Å². The molecule has 0 saturated carbocycles. The Labute approximate surface area is 104 Å². The molecule has 2 fully saturated rings. The van der Waals surface area contributed by atoms with E-state index in [9.17, 15) is 0 Å². The average Bonchev–Trinajstić information content (AvgIpc) is 3.01.